The summed E-state index contributed by atoms with van der Waals surface area (Å²) in [6, 6.07) is 23.9. The molecule has 0 saturated heterocycles. The zero-order chi connectivity index (χ0) is 30.1. The standard InChI is InChI=1S/C33H40ClN3O4S/c1-25-19-20-28(34)23-30(25)37(42(2,40)41)21-11-18-32(38)36(24-27-14-7-4-8-15-27)31(22-26-12-5-3-6-13-26)33(39)35-29-16-9-10-17-29/h3-8,12-15,19-20,23,29,31H,9-11,16-18,21-22,24H2,1-2H3,(H,35,39). The highest BCUT2D eigenvalue weighted by Gasteiger charge is 2.32. The second kappa shape index (κ2) is 14.7. The molecular formula is C33H40ClN3O4S. The molecule has 9 heteroatoms. The number of benzene rings is 3. The van der Waals surface area contributed by atoms with Crippen molar-refractivity contribution in [1.82, 2.24) is 10.2 Å². The number of aryl methyl sites for hydroxylation is 1. The molecule has 1 aliphatic rings. The van der Waals surface area contributed by atoms with Gasteiger partial charge in [-0.2, -0.15) is 0 Å². The second-order valence-corrected chi connectivity index (χ2v) is 13.4. The third-order valence-corrected chi connectivity index (χ3v) is 9.18. The lowest BCUT2D eigenvalue weighted by atomic mass is 10.0. The summed E-state index contributed by atoms with van der Waals surface area (Å²) >= 11 is 6.19. The fraction of sp³-hybridized carbons (Fsp3) is 0.394. The van der Waals surface area contributed by atoms with Crippen LogP contribution in [0.2, 0.25) is 5.02 Å². The van der Waals surface area contributed by atoms with Gasteiger partial charge in [-0.15, -0.1) is 0 Å². The van der Waals surface area contributed by atoms with Gasteiger partial charge in [0, 0.05) is 37.0 Å². The van der Waals surface area contributed by atoms with Crippen LogP contribution in [0.15, 0.2) is 78.9 Å². The van der Waals surface area contributed by atoms with Gasteiger partial charge < -0.3 is 10.2 Å². The molecule has 42 heavy (non-hydrogen) atoms. The maximum absolute atomic E-state index is 14.0. The monoisotopic (exact) mass is 609 g/mol. The first kappa shape index (κ1) is 31.6. The minimum Gasteiger partial charge on any atom is -0.352 e. The molecule has 0 spiro atoms. The average molecular weight is 610 g/mol. The molecule has 1 N–H and O–H groups in total. The van der Waals surface area contributed by atoms with Crippen molar-refractivity contribution >= 4 is 39.1 Å². The largest absolute Gasteiger partial charge is 0.352 e. The van der Waals surface area contributed by atoms with E-state index in [-0.39, 0.29) is 43.8 Å². The van der Waals surface area contributed by atoms with E-state index < -0.39 is 16.1 Å². The molecule has 0 aromatic heterocycles. The van der Waals surface area contributed by atoms with E-state index in [4.69, 9.17) is 11.6 Å². The van der Waals surface area contributed by atoms with Crippen LogP contribution >= 0.6 is 11.6 Å². The molecule has 0 bridgehead atoms. The number of hydrogen-bond donors (Lipinski definition) is 1. The maximum Gasteiger partial charge on any atom is 0.243 e. The molecule has 4 rings (SSSR count). The van der Waals surface area contributed by atoms with Gasteiger partial charge in [0.2, 0.25) is 21.8 Å². The zero-order valence-electron chi connectivity index (χ0n) is 24.3. The summed E-state index contributed by atoms with van der Waals surface area (Å²) in [5.74, 6) is -0.347. The van der Waals surface area contributed by atoms with Crippen LogP contribution in [-0.4, -0.2) is 50.0 Å². The fourth-order valence-electron chi connectivity index (χ4n) is 5.54. The van der Waals surface area contributed by atoms with Crippen LogP contribution < -0.4 is 9.62 Å². The van der Waals surface area contributed by atoms with Crippen molar-refractivity contribution in [3.8, 4) is 0 Å². The van der Waals surface area contributed by atoms with Gasteiger partial charge >= 0.3 is 0 Å². The molecule has 1 aliphatic carbocycles. The van der Waals surface area contributed by atoms with E-state index in [9.17, 15) is 18.0 Å². The molecule has 1 fully saturated rings. The number of carbonyl (C=O) groups excluding carboxylic acids is 2. The van der Waals surface area contributed by atoms with Gasteiger partial charge in [-0.05, 0) is 55.0 Å². The topological polar surface area (TPSA) is 86.8 Å². The molecule has 224 valence electrons. The first-order valence-corrected chi connectivity index (χ1v) is 16.8. The van der Waals surface area contributed by atoms with E-state index in [1.54, 1.807) is 23.1 Å². The Labute approximate surface area is 254 Å². The Morgan fingerprint density at radius 3 is 2.19 bits per heavy atom. The second-order valence-electron chi connectivity index (χ2n) is 11.1. The molecule has 3 aromatic rings. The van der Waals surface area contributed by atoms with Crippen LogP contribution in [0.25, 0.3) is 0 Å². The minimum absolute atomic E-state index is 0.0838. The molecule has 1 saturated carbocycles. The molecule has 3 aromatic carbocycles. The van der Waals surface area contributed by atoms with Crippen molar-refractivity contribution in [2.75, 3.05) is 17.1 Å². The van der Waals surface area contributed by atoms with Crippen LogP contribution in [0.4, 0.5) is 5.69 Å². The van der Waals surface area contributed by atoms with E-state index in [0.29, 0.717) is 17.1 Å². The van der Waals surface area contributed by atoms with Gasteiger partial charge in [0.25, 0.3) is 0 Å². The quantitative estimate of drug-likeness (QED) is 0.262. The SMILES string of the molecule is Cc1ccc(Cl)cc1N(CCCC(=O)N(Cc1ccccc1)C(Cc1ccccc1)C(=O)NC1CCCC1)S(C)(=O)=O. The Kier molecular flexibility index (Phi) is 11.0. The fourth-order valence-corrected chi connectivity index (χ4v) is 6.72. The number of carbonyl (C=O) groups is 2. The molecule has 0 radical (unpaired) electrons. The molecular weight excluding hydrogens is 570 g/mol. The van der Waals surface area contributed by atoms with Gasteiger partial charge in [-0.1, -0.05) is 91.2 Å². The van der Waals surface area contributed by atoms with Crippen molar-refractivity contribution in [3.63, 3.8) is 0 Å². The number of hydrogen-bond acceptors (Lipinski definition) is 4. The number of halogens is 1. The summed E-state index contributed by atoms with van der Waals surface area (Å²) in [5.41, 5.74) is 3.16. The van der Waals surface area contributed by atoms with Crippen molar-refractivity contribution < 1.29 is 18.0 Å². The van der Waals surface area contributed by atoms with Gasteiger partial charge in [-0.3, -0.25) is 13.9 Å². The summed E-state index contributed by atoms with van der Waals surface area (Å²) in [6.45, 7) is 2.22. The molecule has 1 unspecified atom stereocenters. The molecule has 0 aliphatic heterocycles. The van der Waals surface area contributed by atoms with Crippen molar-refractivity contribution in [2.24, 2.45) is 0 Å². The zero-order valence-corrected chi connectivity index (χ0v) is 25.9. The van der Waals surface area contributed by atoms with Crippen LogP contribution in [0.3, 0.4) is 0 Å². The highest BCUT2D eigenvalue weighted by Crippen LogP contribution is 2.27. The number of amides is 2. The Morgan fingerprint density at radius 2 is 1.57 bits per heavy atom. The predicted molar refractivity (Wildman–Crippen MR) is 169 cm³/mol. The summed E-state index contributed by atoms with van der Waals surface area (Å²) in [4.78, 5) is 29.4. The smallest absolute Gasteiger partial charge is 0.243 e. The van der Waals surface area contributed by atoms with Crippen LogP contribution in [-0.2, 0) is 32.6 Å². The minimum atomic E-state index is -3.62. The Hall–Kier alpha value is -3.36. The van der Waals surface area contributed by atoms with Gasteiger partial charge in [0.1, 0.15) is 6.04 Å². The Balaban J connectivity index is 1.58. The number of anilines is 1. The molecule has 1 atom stereocenters. The van der Waals surface area contributed by atoms with Crippen LogP contribution in [0.5, 0.6) is 0 Å². The normalized spacial score (nSPS) is 14.4. The highest BCUT2D eigenvalue weighted by atomic mass is 35.5. The molecule has 0 heterocycles. The van der Waals surface area contributed by atoms with E-state index in [2.05, 4.69) is 5.32 Å². The lowest BCUT2D eigenvalue weighted by molar-refractivity contribution is -0.141. The first-order chi connectivity index (χ1) is 20.1. The summed E-state index contributed by atoms with van der Waals surface area (Å²) in [5, 5.41) is 3.65. The average Bonchev–Trinajstić information content (AvgIpc) is 3.48. The van der Waals surface area contributed by atoms with Crippen molar-refractivity contribution in [2.45, 2.75) is 70.5 Å². The maximum atomic E-state index is 14.0. The Morgan fingerprint density at radius 1 is 0.952 bits per heavy atom. The number of rotatable bonds is 13. The number of nitrogens with one attached hydrogen (secondary N) is 1. The Bertz CT molecular complexity index is 1440. The van der Waals surface area contributed by atoms with Gasteiger partial charge in [0.05, 0.1) is 11.9 Å². The van der Waals surface area contributed by atoms with Gasteiger partial charge in [-0.25, -0.2) is 8.42 Å². The first-order valence-electron chi connectivity index (χ1n) is 14.5. The van der Waals surface area contributed by atoms with Crippen LogP contribution in [0, 0.1) is 6.92 Å². The van der Waals surface area contributed by atoms with Gasteiger partial charge in [0.15, 0.2) is 0 Å². The predicted octanol–water partition coefficient (Wildman–Crippen LogP) is 5.89. The number of sulfonamides is 1. The lowest BCUT2D eigenvalue weighted by Crippen LogP contribution is -2.52. The van der Waals surface area contributed by atoms with Crippen LogP contribution in [0.1, 0.15) is 55.2 Å². The third kappa shape index (κ3) is 8.82. The molecule has 2 amide bonds. The van der Waals surface area contributed by atoms with Crippen molar-refractivity contribution in [3.05, 3.63) is 101 Å². The van der Waals surface area contributed by atoms with E-state index >= 15 is 0 Å². The third-order valence-electron chi connectivity index (χ3n) is 7.76. The number of nitrogens with zero attached hydrogens (tertiary/aromatic N) is 2. The summed E-state index contributed by atoms with van der Waals surface area (Å²) < 4.78 is 26.8. The lowest BCUT2D eigenvalue weighted by Gasteiger charge is -2.33. The highest BCUT2D eigenvalue weighted by molar-refractivity contribution is 7.92. The van der Waals surface area contributed by atoms with E-state index in [1.165, 1.54) is 4.31 Å². The van der Waals surface area contributed by atoms with E-state index in [1.807, 2.05) is 67.6 Å². The van der Waals surface area contributed by atoms with Crippen molar-refractivity contribution in [1.29, 1.82) is 0 Å². The summed E-state index contributed by atoms with van der Waals surface area (Å²) in [7, 11) is -3.62. The van der Waals surface area contributed by atoms with E-state index in [0.717, 1.165) is 48.6 Å². The molecule has 7 nitrogen and oxygen atoms in total. The summed E-state index contributed by atoms with van der Waals surface area (Å²) in [6.07, 6.45) is 5.97.